The summed E-state index contributed by atoms with van der Waals surface area (Å²) in [7, 11) is -2.28. The smallest absolute Gasteiger partial charge is 0.243 e. The molecule has 0 unspecified atom stereocenters. The number of nitrogens with zero attached hydrogens (tertiary/aromatic N) is 1. The van der Waals surface area contributed by atoms with Gasteiger partial charge in [-0.1, -0.05) is 15.9 Å². The van der Waals surface area contributed by atoms with Gasteiger partial charge in [0.05, 0.1) is 6.54 Å². The Bertz CT molecular complexity index is 720. The Morgan fingerprint density at radius 2 is 2.14 bits per heavy atom. The van der Waals surface area contributed by atoms with Gasteiger partial charge >= 0.3 is 0 Å². The molecule has 0 aliphatic rings. The van der Waals surface area contributed by atoms with Crippen LogP contribution in [0, 0.1) is 5.82 Å². The lowest BCUT2D eigenvalue weighted by Crippen LogP contribution is -2.25. The predicted octanol–water partition coefficient (Wildman–Crippen LogP) is 2.24. The van der Waals surface area contributed by atoms with E-state index >= 15 is 0 Å². The van der Waals surface area contributed by atoms with Crippen LogP contribution in [0.5, 0.6) is 0 Å². The molecule has 114 valence electrons. The van der Waals surface area contributed by atoms with Crippen LogP contribution in [-0.2, 0) is 23.1 Å². The Balaban J connectivity index is 2.30. The summed E-state index contributed by atoms with van der Waals surface area (Å²) >= 11 is 4.53. The lowest BCUT2D eigenvalue weighted by molar-refractivity contribution is 0.545. The molecule has 0 aliphatic heterocycles. The zero-order chi connectivity index (χ0) is 15.5. The highest BCUT2D eigenvalue weighted by Crippen LogP contribution is 2.24. The predicted molar refractivity (Wildman–Crippen MR) is 83.0 cm³/mol. The molecule has 0 saturated carbocycles. The molecule has 0 atom stereocenters. The van der Waals surface area contributed by atoms with Gasteiger partial charge in [-0.2, -0.15) is 0 Å². The van der Waals surface area contributed by atoms with Gasteiger partial charge in [0.25, 0.3) is 0 Å². The van der Waals surface area contributed by atoms with Crippen molar-refractivity contribution in [3.63, 3.8) is 0 Å². The first-order valence-corrected chi connectivity index (χ1v) is 9.10. The van der Waals surface area contributed by atoms with Gasteiger partial charge < -0.3 is 5.32 Å². The Hall–Kier alpha value is -0.870. The highest BCUT2D eigenvalue weighted by atomic mass is 79.9. The quantitative estimate of drug-likeness (QED) is 0.789. The van der Waals surface area contributed by atoms with Crippen LogP contribution in [0.2, 0.25) is 0 Å². The Labute approximate surface area is 134 Å². The standard InChI is InChI=1S/C12H13BrFN3O2S2/c1-15-6-8-4-9(13)5-10(12(8)14)21(18,19)17-7-11-16-2-3-20-11/h2-5,15,17H,6-7H2,1H3. The van der Waals surface area contributed by atoms with E-state index in [4.69, 9.17) is 0 Å². The molecule has 21 heavy (non-hydrogen) atoms. The first kappa shape index (κ1) is 16.5. The average molecular weight is 394 g/mol. The van der Waals surface area contributed by atoms with E-state index in [1.54, 1.807) is 24.7 Å². The molecule has 9 heteroatoms. The summed E-state index contributed by atoms with van der Waals surface area (Å²) in [6.45, 7) is 0.271. The lowest BCUT2D eigenvalue weighted by atomic mass is 10.2. The third-order valence-corrected chi connectivity index (χ3v) is 5.27. The van der Waals surface area contributed by atoms with Crippen LogP contribution in [0.25, 0.3) is 0 Å². The van der Waals surface area contributed by atoms with Crippen molar-refractivity contribution < 1.29 is 12.8 Å². The van der Waals surface area contributed by atoms with Crippen LogP contribution in [0.3, 0.4) is 0 Å². The summed E-state index contributed by atoms with van der Waals surface area (Å²) in [6.07, 6.45) is 1.58. The second-order valence-electron chi connectivity index (χ2n) is 4.16. The van der Waals surface area contributed by atoms with Gasteiger partial charge in [-0.3, -0.25) is 0 Å². The van der Waals surface area contributed by atoms with Gasteiger partial charge in [-0.05, 0) is 19.2 Å². The molecule has 2 N–H and O–H groups in total. The summed E-state index contributed by atoms with van der Waals surface area (Å²) in [5.74, 6) is -0.751. The molecule has 0 fully saturated rings. The third kappa shape index (κ3) is 4.07. The number of hydrogen-bond acceptors (Lipinski definition) is 5. The minimum atomic E-state index is -3.95. The van der Waals surface area contributed by atoms with Crippen molar-refractivity contribution >= 4 is 37.3 Å². The van der Waals surface area contributed by atoms with Gasteiger partial charge in [0.1, 0.15) is 15.7 Å². The van der Waals surface area contributed by atoms with Crippen molar-refractivity contribution in [1.82, 2.24) is 15.0 Å². The number of halogens is 2. The molecule has 0 spiro atoms. The molecule has 0 aliphatic carbocycles. The van der Waals surface area contributed by atoms with E-state index in [9.17, 15) is 12.8 Å². The minimum absolute atomic E-state index is 0.0350. The molecule has 2 aromatic rings. The number of hydrogen-bond donors (Lipinski definition) is 2. The summed E-state index contributed by atoms with van der Waals surface area (Å²) in [6, 6.07) is 2.80. The van der Waals surface area contributed by atoms with Crippen molar-refractivity contribution in [2.45, 2.75) is 18.0 Å². The second kappa shape index (κ2) is 6.93. The van der Waals surface area contributed by atoms with E-state index in [1.165, 1.54) is 17.4 Å². The highest BCUT2D eigenvalue weighted by Gasteiger charge is 2.22. The van der Waals surface area contributed by atoms with Crippen LogP contribution in [0.15, 0.2) is 33.1 Å². The second-order valence-corrected chi connectivity index (χ2v) is 7.79. The summed E-state index contributed by atoms with van der Waals surface area (Å²) in [5.41, 5.74) is 0.279. The molecular formula is C12H13BrFN3O2S2. The zero-order valence-corrected chi connectivity index (χ0v) is 14.3. The maximum atomic E-state index is 14.3. The molecule has 1 aromatic carbocycles. The normalized spacial score (nSPS) is 11.8. The fourth-order valence-corrected chi connectivity index (χ4v) is 4.14. The summed E-state index contributed by atoms with van der Waals surface area (Å²) in [5, 5.41) is 5.16. The molecular weight excluding hydrogens is 381 g/mol. The van der Waals surface area contributed by atoms with Crippen molar-refractivity contribution in [3.8, 4) is 0 Å². The molecule has 1 aromatic heterocycles. The van der Waals surface area contributed by atoms with E-state index in [1.807, 2.05) is 0 Å². The number of nitrogens with one attached hydrogen (secondary N) is 2. The summed E-state index contributed by atoms with van der Waals surface area (Å²) < 4.78 is 41.6. The van der Waals surface area contributed by atoms with Gasteiger partial charge in [0, 0.05) is 28.2 Å². The Kier molecular flexibility index (Phi) is 5.44. The molecule has 0 saturated heterocycles. The van der Waals surface area contributed by atoms with Gasteiger partial charge in [-0.25, -0.2) is 22.5 Å². The molecule has 0 radical (unpaired) electrons. The molecule has 5 nitrogen and oxygen atoms in total. The van der Waals surface area contributed by atoms with Crippen LogP contribution >= 0.6 is 27.3 Å². The summed E-state index contributed by atoms with van der Waals surface area (Å²) in [4.78, 5) is 3.60. The number of sulfonamides is 1. The van der Waals surface area contributed by atoms with Crippen LogP contribution < -0.4 is 10.0 Å². The van der Waals surface area contributed by atoms with Crippen molar-refractivity contribution in [2.75, 3.05) is 7.05 Å². The highest BCUT2D eigenvalue weighted by molar-refractivity contribution is 9.10. The fraction of sp³-hybridized carbons (Fsp3) is 0.250. The monoisotopic (exact) mass is 393 g/mol. The minimum Gasteiger partial charge on any atom is -0.316 e. The van der Waals surface area contributed by atoms with Gasteiger partial charge in [0.15, 0.2) is 0 Å². The topological polar surface area (TPSA) is 71.1 Å². The Morgan fingerprint density at radius 3 is 2.76 bits per heavy atom. The number of benzene rings is 1. The van der Waals surface area contributed by atoms with E-state index in [0.717, 1.165) is 0 Å². The zero-order valence-electron chi connectivity index (χ0n) is 11.1. The SMILES string of the molecule is CNCc1cc(Br)cc(S(=O)(=O)NCc2nccs2)c1F. The maximum absolute atomic E-state index is 14.3. The van der Waals surface area contributed by atoms with Gasteiger partial charge in [0.2, 0.25) is 10.0 Å². The van der Waals surface area contributed by atoms with Crippen LogP contribution in [-0.4, -0.2) is 20.4 Å². The molecule has 2 rings (SSSR count). The molecule has 0 bridgehead atoms. The molecule has 1 heterocycles. The van der Waals surface area contributed by atoms with Crippen molar-refractivity contribution in [1.29, 1.82) is 0 Å². The first-order valence-electron chi connectivity index (χ1n) is 5.94. The first-order chi connectivity index (χ1) is 9.94. The van der Waals surface area contributed by atoms with Crippen LogP contribution in [0.4, 0.5) is 4.39 Å². The van der Waals surface area contributed by atoms with E-state index in [2.05, 4.69) is 31.0 Å². The van der Waals surface area contributed by atoms with E-state index in [-0.39, 0.29) is 23.5 Å². The van der Waals surface area contributed by atoms with E-state index in [0.29, 0.717) is 9.48 Å². The lowest BCUT2D eigenvalue weighted by Gasteiger charge is -2.11. The van der Waals surface area contributed by atoms with E-state index < -0.39 is 15.8 Å². The molecule has 0 amide bonds. The maximum Gasteiger partial charge on any atom is 0.243 e. The third-order valence-electron chi connectivity index (χ3n) is 2.63. The number of thiazole rings is 1. The number of rotatable bonds is 6. The average Bonchev–Trinajstić information content (AvgIpc) is 2.94. The fourth-order valence-electron chi connectivity index (χ4n) is 1.71. The largest absolute Gasteiger partial charge is 0.316 e. The van der Waals surface area contributed by atoms with Crippen LogP contribution in [0.1, 0.15) is 10.6 Å². The number of aromatic nitrogens is 1. The Morgan fingerprint density at radius 1 is 1.38 bits per heavy atom. The van der Waals surface area contributed by atoms with Crippen molar-refractivity contribution in [3.05, 3.63) is 44.6 Å². The van der Waals surface area contributed by atoms with Gasteiger partial charge in [-0.15, -0.1) is 11.3 Å². The van der Waals surface area contributed by atoms with Crippen molar-refractivity contribution in [2.24, 2.45) is 0 Å².